The van der Waals surface area contributed by atoms with Crippen molar-refractivity contribution in [2.75, 3.05) is 25.1 Å². The number of halogens is 1. The summed E-state index contributed by atoms with van der Waals surface area (Å²) in [5, 5.41) is 3.14. The van der Waals surface area contributed by atoms with Crippen molar-refractivity contribution < 1.29 is 9.13 Å². The van der Waals surface area contributed by atoms with E-state index in [-0.39, 0.29) is 5.82 Å². The first-order valence-electron chi connectivity index (χ1n) is 4.96. The molecule has 1 N–H and O–H groups in total. The summed E-state index contributed by atoms with van der Waals surface area (Å²) in [6.07, 6.45) is 4.23. The van der Waals surface area contributed by atoms with Crippen LogP contribution in [-0.2, 0) is 4.74 Å². The molecule has 4 heteroatoms. The van der Waals surface area contributed by atoms with Crippen LogP contribution in [-0.4, -0.2) is 24.7 Å². The van der Waals surface area contributed by atoms with Gasteiger partial charge in [-0.3, -0.25) is 0 Å². The topological polar surface area (TPSA) is 34.1 Å². The van der Waals surface area contributed by atoms with Crippen LogP contribution >= 0.6 is 0 Å². The Labute approximate surface area is 88.0 Å². The minimum atomic E-state index is -0.314. The van der Waals surface area contributed by atoms with E-state index >= 15 is 0 Å². The number of hydrogen-bond acceptors (Lipinski definition) is 3. The molecule has 0 bridgehead atoms. The smallest absolute Gasteiger partial charge is 0.141 e. The molecular weight excluding hydrogens is 195 g/mol. The fourth-order valence-corrected chi connectivity index (χ4v) is 1.41. The maximum absolute atomic E-state index is 12.6. The van der Waals surface area contributed by atoms with Crippen LogP contribution in [0.2, 0.25) is 0 Å². The fraction of sp³-hybridized carbons (Fsp3) is 0.364. The third-order valence-electron chi connectivity index (χ3n) is 2.28. The Kier molecular flexibility index (Phi) is 3.29. The molecule has 1 aliphatic rings. The average molecular weight is 208 g/mol. The lowest BCUT2D eigenvalue weighted by molar-refractivity contribution is 0.154. The van der Waals surface area contributed by atoms with Gasteiger partial charge in [-0.15, -0.1) is 0 Å². The lowest BCUT2D eigenvalue weighted by Crippen LogP contribution is -2.12. The monoisotopic (exact) mass is 208 g/mol. The van der Waals surface area contributed by atoms with Gasteiger partial charge in [0.2, 0.25) is 0 Å². The Balaban J connectivity index is 1.87. The van der Waals surface area contributed by atoms with Crippen LogP contribution in [0.5, 0.6) is 0 Å². The molecule has 0 unspecified atom stereocenters. The molecule has 2 heterocycles. The van der Waals surface area contributed by atoms with Crippen LogP contribution in [0.15, 0.2) is 30.0 Å². The number of ether oxygens (including phenoxy) is 1. The van der Waals surface area contributed by atoms with Gasteiger partial charge in [0.15, 0.2) is 0 Å². The van der Waals surface area contributed by atoms with Crippen molar-refractivity contribution >= 4 is 5.82 Å². The zero-order valence-corrected chi connectivity index (χ0v) is 8.37. The molecule has 0 radical (unpaired) electrons. The van der Waals surface area contributed by atoms with Crippen molar-refractivity contribution in [2.45, 2.75) is 6.42 Å². The van der Waals surface area contributed by atoms with Crippen LogP contribution in [0, 0.1) is 5.82 Å². The molecule has 0 fully saturated rings. The summed E-state index contributed by atoms with van der Waals surface area (Å²) in [7, 11) is 0. The van der Waals surface area contributed by atoms with Crippen molar-refractivity contribution in [3.8, 4) is 0 Å². The number of anilines is 1. The molecule has 0 amide bonds. The molecule has 1 aromatic heterocycles. The van der Waals surface area contributed by atoms with Crippen molar-refractivity contribution in [1.29, 1.82) is 0 Å². The quantitative estimate of drug-likeness (QED) is 0.771. The molecule has 2 rings (SSSR count). The van der Waals surface area contributed by atoms with Crippen LogP contribution in [0.3, 0.4) is 0 Å². The van der Waals surface area contributed by atoms with E-state index in [1.165, 1.54) is 17.8 Å². The minimum Gasteiger partial charge on any atom is -0.377 e. The molecule has 0 atom stereocenters. The largest absolute Gasteiger partial charge is 0.377 e. The Hall–Kier alpha value is -1.42. The van der Waals surface area contributed by atoms with E-state index < -0.39 is 0 Å². The summed E-state index contributed by atoms with van der Waals surface area (Å²) in [4.78, 5) is 3.92. The zero-order valence-electron chi connectivity index (χ0n) is 8.37. The highest BCUT2D eigenvalue weighted by atomic mass is 19.1. The Morgan fingerprint density at radius 1 is 1.47 bits per heavy atom. The van der Waals surface area contributed by atoms with E-state index in [2.05, 4.69) is 16.4 Å². The summed E-state index contributed by atoms with van der Waals surface area (Å²) in [5.41, 5.74) is 1.31. The van der Waals surface area contributed by atoms with Gasteiger partial charge in [0, 0.05) is 6.54 Å². The van der Waals surface area contributed by atoms with E-state index in [1.54, 1.807) is 6.07 Å². The summed E-state index contributed by atoms with van der Waals surface area (Å²) in [5.74, 6) is 0.384. The number of rotatable bonds is 3. The predicted molar refractivity (Wildman–Crippen MR) is 56.2 cm³/mol. The summed E-state index contributed by atoms with van der Waals surface area (Å²) >= 11 is 0. The summed E-state index contributed by atoms with van der Waals surface area (Å²) < 4.78 is 17.8. The standard InChI is InChI=1S/C11H13FN2O/c12-10-1-2-11(14-8-10)13-7-9-3-5-15-6-4-9/h1-3,8H,4-7H2,(H,13,14). The second kappa shape index (κ2) is 4.89. The van der Waals surface area contributed by atoms with Gasteiger partial charge >= 0.3 is 0 Å². The molecule has 15 heavy (non-hydrogen) atoms. The third kappa shape index (κ3) is 3.02. The first-order valence-corrected chi connectivity index (χ1v) is 4.96. The van der Waals surface area contributed by atoms with Gasteiger partial charge in [-0.05, 0) is 18.6 Å². The molecule has 1 aliphatic heterocycles. The molecule has 3 nitrogen and oxygen atoms in total. The number of nitrogens with one attached hydrogen (secondary N) is 1. The van der Waals surface area contributed by atoms with Gasteiger partial charge in [0.25, 0.3) is 0 Å². The Morgan fingerprint density at radius 3 is 3.07 bits per heavy atom. The first-order chi connectivity index (χ1) is 7.34. The van der Waals surface area contributed by atoms with Gasteiger partial charge in [0.1, 0.15) is 11.6 Å². The normalized spacial score (nSPS) is 15.9. The Morgan fingerprint density at radius 2 is 2.40 bits per heavy atom. The van der Waals surface area contributed by atoms with Crippen molar-refractivity contribution in [2.24, 2.45) is 0 Å². The van der Waals surface area contributed by atoms with E-state index in [0.717, 1.165) is 19.6 Å². The van der Waals surface area contributed by atoms with Crippen LogP contribution in [0.1, 0.15) is 6.42 Å². The predicted octanol–water partition coefficient (Wildman–Crippen LogP) is 1.98. The van der Waals surface area contributed by atoms with E-state index in [0.29, 0.717) is 12.4 Å². The van der Waals surface area contributed by atoms with E-state index in [1.807, 2.05) is 0 Å². The number of aromatic nitrogens is 1. The number of pyridine rings is 1. The highest BCUT2D eigenvalue weighted by Gasteiger charge is 2.03. The van der Waals surface area contributed by atoms with Crippen molar-refractivity contribution in [3.05, 3.63) is 35.8 Å². The van der Waals surface area contributed by atoms with Gasteiger partial charge in [-0.1, -0.05) is 11.6 Å². The van der Waals surface area contributed by atoms with Crippen LogP contribution in [0.4, 0.5) is 10.2 Å². The maximum Gasteiger partial charge on any atom is 0.141 e. The lowest BCUT2D eigenvalue weighted by atomic mass is 10.1. The molecule has 0 saturated heterocycles. The summed E-state index contributed by atoms with van der Waals surface area (Å²) in [6, 6.07) is 3.03. The van der Waals surface area contributed by atoms with Gasteiger partial charge in [-0.25, -0.2) is 9.37 Å². The van der Waals surface area contributed by atoms with Crippen molar-refractivity contribution in [1.82, 2.24) is 4.98 Å². The highest BCUT2D eigenvalue weighted by molar-refractivity contribution is 5.35. The molecule has 0 saturated carbocycles. The molecule has 0 spiro atoms. The van der Waals surface area contributed by atoms with Gasteiger partial charge in [0.05, 0.1) is 19.4 Å². The molecule has 0 aromatic carbocycles. The third-order valence-corrected chi connectivity index (χ3v) is 2.28. The SMILES string of the molecule is Fc1ccc(NCC2=CCOCC2)nc1. The van der Waals surface area contributed by atoms with Crippen LogP contribution in [0.25, 0.3) is 0 Å². The average Bonchev–Trinajstić information content (AvgIpc) is 2.30. The van der Waals surface area contributed by atoms with Crippen LogP contribution < -0.4 is 5.32 Å². The molecule has 80 valence electrons. The molecular formula is C11H13FN2O. The summed E-state index contributed by atoms with van der Waals surface area (Å²) in [6.45, 7) is 2.22. The fourth-order valence-electron chi connectivity index (χ4n) is 1.41. The second-order valence-corrected chi connectivity index (χ2v) is 3.40. The van der Waals surface area contributed by atoms with Crippen molar-refractivity contribution in [3.63, 3.8) is 0 Å². The van der Waals surface area contributed by atoms with Gasteiger partial charge < -0.3 is 10.1 Å². The first kappa shape index (κ1) is 10.1. The molecule has 1 aromatic rings. The number of nitrogens with zero attached hydrogens (tertiary/aromatic N) is 1. The molecule has 0 aliphatic carbocycles. The zero-order chi connectivity index (χ0) is 10.5. The Bertz CT molecular complexity index is 348. The maximum atomic E-state index is 12.6. The lowest BCUT2D eigenvalue weighted by Gasteiger charge is -2.14. The highest BCUT2D eigenvalue weighted by Crippen LogP contribution is 2.09. The minimum absolute atomic E-state index is 0.314. The number of hydrogen-bond donors (Lipinski definition) is 1. The second-order valence-electron chi connectivity index (χ2n) is 3.40. The van der Waals surface area contributed by atoms with Gasteiger partial charge in [-0.2, -0.15) is 0 Å². The van der Waals surface area contributed by atoms with E-state index in [9.17, 15) is 4.39 Å². The van der Waals surface area contributed by atoms with E-state index in [4.69, 9.17) is 4.74 Å².